The van der Waals surface area contributed by atoms with Crippen molar-refractivity contribution in [2.24, 2.45) is 10.7 Å². The molecule has 1 aliphatic heterocycles. The summed E-state index contributed by atoms with van der Waals surface area (Å²) in [5.41, 5.74) is 6.54. The Morgan fingerprint density at radius 2 is 2.20 bits per heavy atom. The average Bonchev–Trinajstić information content (AvgIpc) is 2.66. The SMILES string of the molecule is NC1=NC[C@H](COCc2ccccc2)O1. The van der Waals surface area contributed by atoms with Crippen molar-refractivity contribution in [3.63, 3.8) is 0 Å². The van der Waals surface area contributed by atoms with Gasteiger partial charge in [-0.1, -0.05) is 30.3 Å². The molecular formula is C11H14N2O2. The Kier molecular flexibility index (Phi) is 3.19. The van der Waals surface area contributed by atoms with Gasteiger partial charge in [0.15, 0.2) is 0 Å². The van der Waals surface area contributed by atoms with E-state index in [9.17, 15) is 0 Å². The van der Waals surface area contributed by atoms with E-state index in [1.54, 1.807) is 0 Å². The lowest BCUT2D eigenvalue weighted by Crippen LogP contribution is -2.22. The molecule has 0 saturated heterocycles. The van der Waals surface area contributed by atoms with E-state index in [-0.39, 0.29) is 12.1 Å². The summed E-state index contributed by atoms with van der Waals surface area (Å²) in [6.07, 6.45) is -0.0197. The molecule has 2 rings (SSSR count). The molecule has 0 saturated carbocycles. The van der Waals surface area contributed by atoms with Crippen molar-refractivity contribution < 1.29 is 9.47 Å². The van der Waals surface area contributed by atoms with E-state index >= 15 is 0 Å². The van der Waals surface area contributed by atoms with Gasteiger partial charge < -0.3 is 15.2 Å². The summed E-state index contributed by atoms with van der Waals surface area (Å²) in [6.45, 7) is 1.72. The van der Waals surface area contributed by atoms with Crippen LogP contribution >= 0.6 is 0 Å². The van der Waals surface area contributed by atoms with Crippen LogP contribution in [0.15, 0.2) is 35.3 Å². The van der Waals surface area contributed by atoms with Crippen molar-refractivity contribution in [3.05, 3.63) is 35.9 Å². The monoisotopic (exact) mass is 206 g/mol. The Morgan fingerprint density at radius 1 is 1.40 bits per heavy atom. The molecule has 0 bridgehead atoms. The lowest BCUT2D eigenvalue weighted by atomic mass is 10.2. The Morgan fingerprint density at radius 3 is 2.87 bits per heavy atom. The summed E-state index contributed by atoms with van der Waals surface area (Å²) in [6, 6.07) is 10.3. The van der Waals surface area contributed by atoms with Gasteiger partial charge in [-0.3, -0.25) is 0 Å². The number of aliphatic imine (C=N–C) groups is 1. The van der Waals surface area contributed by atoms with Crippen LogP contribution in [0.3, 0.4) is 0 Å². The van der Waals surface area contributed by atoms with Crippen LogP contribution in [0.25, 0.3) is 0 Å². The first-order valence-corrected chi connectivity index (χ1v) is 4.93. The van der Waals surface area contributed by atoms with Gasteiger partial charge in [0.05, 0.1) is 19.8 Å². The maximum atomic E-state index is 5.50. The first-order chi connectivity index (χ1) is 7.34. The van der Waals surface area contributed by atoms with Gasteiger partial charge in [-0.15, -0.1) is 0 Å². The van der Waals surface area contributed by atoms with Gasteiger partial charge in [-0.25, -0.2) is 4.99 Å². The Bertz CT molecular complexity index is 338. The van der Waals surface area contributed by atoms with Crippen molar-refractivity contribution in [2.45, 2.75) is 12.7 Å². The van der Waals surface area contributed by atoms with Crippen LogP contribution in [0.2, 0.25) is 0 Å². The van der Waals surface area contributed by atoms with E-state index in [0.29, 0.717) is 19.8 Å². The average molecular weight is 206 g/mol. The molecule has 1 aromatic carbocycles. The normalized spacial score (nSPS) is 19.7. The molecule has 1 aromatic rings. The number of rotatable bonds is 4. The molecule has 4 heteroatoms. The Balaban J connectivity index is 1.68. The molecule has 1 heterocycles. The van der Waals surface area contributed by atoms with Crippen molar-refractivity contribution in [2.75, 3.05) is 13.2 Å². The number of hydrogen-bond acceptors (Lipinski definition) is 4. The highest BCUT2D eigenvalue weighted by Crippen LogP contribution is 2.05. The highest BCUT2D eigenvalue weighted by Gasteiger charge is 2.17. The quantitative estimate of drug-likeness (QED) is 0.796. The molecule has 1 atom stereocenters. The molecule has 2 N–H and O–H groups in total. The molecule has 0 radical (unpaired) electrons. The van der Waals surface area contributed by atoms with Crippen LogP contribution in [0.1, 0.15) is 5.56 Å². The summed E-state index contributed by atoms with van der Waals surface area (Å²) in [5.74, 6) is 0. The summed E-state index contributed by atoms with van der Waals surface area (Å²) in [7, 11) is 0. The van der Waals surface area contributed by atoms with Gasteiger partial charge in [-0.2, -0.15) is 0 Å². The van der Waals surface area contributed by atoms with E-state index in [0.717, 1.165) is 5.56 Å². The third-order valence-corrected chi connectivity index (χ3v) is 2.15. The van der Waals surface area contributed by atoms with Gasteiger partial charge in [0, 0.05) is 0 Å². The largest absolute Gasteiger partial charge is 0.458 e. The number of hydrogen-bond donors (Lipinski definition) is 1. The van der Waals surface area contributed by atoms with Crippen molar-refractivity contribution in [1.29, 1.82) is 0 Å². The number of benzene rings is 1. The first kappa shape index (κ1) is 9.98. The highest BCUT2D eigenvalue weighted by atomic mass is 16.5. The fourth-order valence-electron chi connectivity index (χ4n) is 1.41. The predicted octanol–water partition coefficient (Wildman–Crippen LogP) is 0.917. The molecule has 0 spiro atoms. The molecule has 4 nitrogen and oxygen atoms in total. The molecular weight excluding hydrogens is 192 g/mol. The van der Waals surface area contributed by atoms with Crippen molar-refractivity contribution in [1.82, 2.24) is 0 Å². The summed E-state index contributed by atoms with van der Waals surface area (Å²) in [5, 5.41) is 0. The number of nitrogens with two attached hydrogens (primary N) is 1. The lowest BCUT2D eigenvalue weighted by molar-refractivity contribution is 0.0479. The zero-order chi connectivity index (χ0) is 10.5. The van der Waals surface area contributed by atoms with Crippen LogP contribution in [-0.2, 0) is 16.1 Å². The summed E-state index contributed by atoms with van der Waals surface area (Å²) in [4.78, 5) is 3.94. The van der Waals surface area contributed by atoms with E-state index in [4.69, 9.17) is 15.2 Å². The molecule has 1 aliphatic rings. The maximum absolute atomic E-state index is 5.50. The number of amidine groups is 1. The minimum absolute atomic E-state index is 0.0197. The summed E-state index contributed by atoms with van der Waals surface area (Å²) >= 11 is 0. The first-order valence-electron chi connectivity index (χ1n) is 4.93. The topological polar surface area (TPSA) is 56.8 Å². The van der Waals surface area contributed by atoms with Crippen LogP contribution in [0.4, 0.5) is 0 Å². The van der Waals surface area contributed by atoms with Crippen LogP contribution in [-0.4, -0.2) is 25.3 Å². The van der Waals surface area contributed by atoms with E-state index < -0.39 is 0 Å². The molecule has 80 valence electrons. The zero-order valence-electron chi connectivity index (χ0n) is 8.43. The fourth-order valence-corrected chi connectivity index (χ4v) is 1.41. The predicted molar refractivity (Wildman–Crippen MR) is 57.5 cm³/mol. The second-order valence-electron chi connectivity index (χ2n) is 3.42. The molecule has 0 aliphatic carbocycles. The third-order valence-electron chi connectivity index (χ3n) is 2.15. The smallest absolute Gasteiger partial charge is 0.282 e. The van der Waals surface area contributed by atoms with Crippen molar-refractivity contribution >= 4 is 6.02 Å². The Hall–Kier alpha value is -1.55. The zero-order valence-corrected chi connectivity index (χ0v) is 8.43. The van der Waals surface area contributed by atoms with Gasteiger partial charge in [0.2, 0.25) is 0 Å². The summed E-state index contributed by atoms with van der Waals surface area (Å²) < 4.78 is 10.7. The van der Waals surface area contributed by atoms with E-state index in [1.165, 1.54) is 0 Å². The number of nitrogens with zero attached hydrogens (tertiary/aromatic N) is 1. The lowest BCUT2D eigenvalue weighted by Gasteiger charge is -2.10. The second-order valence-corrected chi connectivity index (χ2v) is 3.42. The molecule has 0 aromatic heterocycles. The maximum Gasteiger partial charge on any atom is 0.282 e. The van der Waals surface area contributed by atoms with Gasteiger partial charge in [0.25, 0.3) is 6.02 Å². The third kappa shape index (κ3) is 2.95. The minimum Gasteiger partial charge on any atom is -0.458 e. The van der Waals surface area contributed by atoms with E-state index in [1.807, 2.05) is 30.3 Å². The van der Waals surface area contributed by atoms with E-state index in [2.05, 4.69) is 4.99 Å². The van der Waals surface area contributed by atoms with Gasteiger partial charge in [-0.05, 0) is 5.56 Å². The van der Waals surface area contributed by atoms with Gasteiger partial charge >= 0.3 is 0 Å². The van der Waals surface area contributed by atoms with Crippen molar-refractivity contribution in [3.8, 4) is 0 Å². The number of ether oxygens (including phenoxy) is 2. The fraction of sp³-hybridized carbons (Fsp3) is 0.364. The molecule has 15 heavy (non-hydrogen) atoms. The molecule has 0 fully saturated rings. The van der Waals surface area contributed by atoms with Crippen LogP contribution in [0.5, 0.6) is 0 Å². The standard InChI is InChI=1S/C11H14N2O2/c12-11-13-6-10(15-11)8-14-7-9-4-2-1-3-5-9/h1-5,10H,6-8H2,(H2,12,13)/t10-/m1/s1. The minimum atomic E-state index is -0.0197. The van der Waals surface area contributed by atoms with Gasteiger partial charge in [0.1, 0.15) is 6.10 Å². The molecule has 0 unspecified atom stereocenters. The molecule has 0 amide bonds. The van der Waals surface area contributed by atoms with Crippen LogP contribution < -0.4 is 5.73 Å². The Labute approximate surface area is 88.7 Å². The second kappa shape index (κ2) is 4.79. The highest BCUT2D eigenvalue weighted by molar-refractivity contribution is 5.72. The van der Waals surface area contributed by atoms with Crippen LogP contribution in [0, 0.1) is 0 Å².